The molecule has 0 amide bonds. The number of nitrogens with zero attached hydrogens (tertiary/aromatic N) is 2. The second kappa shape index (κ2) is 6.06. The highest BCUT2D eigenvalue weighted by molar-refractivity contribution is 5.38. The number of anilines is 1. The van der Waals surface area contributed by atoms with Crippen LogP contribution in [-0.4, -0.2) is 16.4 Å². The first-order valence-corrected chi connectivity index (χ1v) is 7.33. The molecule has 2 heterocycles. The van der Waals surface area contributed by atoms with Gasteiger partial charge in [0.05, 0.1) is 0 Å². The van der Waals surface area contributed by atoms with Crippen LogP contribution in [0.3, 0.4) is 0 Å². The SMILES string of the molecule is CCCNc1cc(CN2Cc3ccccc3C2)ccn1. The van der Waals surface area contributed by atoms with Gasteiger partial charge in [0.2, 0.25) is 0 Å². The Labute approximate surface area is 120 Å². The van der Waals surface area contributed by atoms with Gasteiger partial charge in [0.15, 0.2) is 0 Å². The largest absolute Gasteiger partial charge is 0.370 e. The maximum atomic E-state index is 4.36. The van der Waals surface area contributed by atoms with Gasteiger partial charge in [-0.25, -0.2) is 4.98 Å². The molecule has 0 saturated heterocycles. The van der Waals surface area contributed by atoms with Gasteiger partial charge in [0.1, 0.15) is 5.82 Å². The Morgan fingerprint density at radius 2 is 1.90 bits per heavy atom. The van der Waals surface area contributed by atoms with Gasteiger partial charge in [0, 0.05) is 32.4 Å². The number of aromatic nitrogens is 1. The van der Waals surface area contributed by atoms with E-state index in [9.17, 15) is 0 Å². The summed E-state index contributed by atoms with van der Waals surface area (Å²) in [6.07, 6.45) is 3.02. The minimum atomic E-state index is 0.978. The molecule has 3 rings (SSSR count). The summed E-state index contributed by atoms with van der Waals surface area (Å²) in [5.41, 5.74) is 4.25. The molecule has 0 spiro atoms. The Morgan fingerprint density at radius 3 is 2.60 bits per heavy atom. The van der Waals surface area contributed by atoms with Crippen LogP contribution in [0.5, 0.6) is 0 Å². The second-order valence-electron chi connectivity index (χ2n) is 5.39. The van der Waals surface area contributed by atoms with Crippen molar-refractivity contribution in [2.45, 2.75) is 33.0 Å². The van der Waals surface area contributed by atoms with Crippen LogP contribution in [-0.2, 0) is 19.6 Å². The molecule has 0 atom stereocenters. The van der Waals surface area contributed by atoms with E-state index in [1.54, 1.807) is 0 Å². The average molecular weight is 267 g/mol. The highest BCUT2D eigenvalue weighted by Gasteiger charge is 2.18. The van der Waals surface area contributed by atoms with Gasteiger partial charge >= 0.3 is 0 Å². The molecule has 0 saturated carbocycles. The molecule has 1 aromatic carbocycles. The van der Waals surface area contributed by atoms with E-state index in [0.717, 1.165) is 38.4 Å². The van der Waals surface area contributed by atoms with Crippen LogP contribution in [0.25, 0.3) is 0 Å². The van der Waals surface area contributed by atoms with Crippen LogP contribution in [0.2, 0.25) is 0 Å². The lowest BCUT2D eigenvalue weighted by atomic mass is 10.1. The maximum Gasteiger partial charge on any atom is 0.126 e. The molecule has 0 unspecified atom stereocenters. The quantitative estimate of drug-likeness (QED) is 0.899. The molecule has 2 aromatic rings. The fourth-order valence-corrected chi connectivity index (χ4v) is 2.70. The van der Waals surface area contributed by atoms with Crippen LogP contribution in [0, 0.1) is 0 Å². The number of benzene rings is 1. The van der Waals surface area contributed by atoms with E-state index < -0.39 is 0 Å². The van der Waals surface area contributed by atoms with Crippen LogP contribution in [0.4, 0.5) is 5.82 Å². The predicted molar refractivity (Wildman–Crippen MR) is 82.4 cm³/mol. The smallest absolute Gasteiger partial charge is 0.126 e. The third-order valence-corrected chi connectivity index (χ3v) is 3.69. The van der Waals surface area contributed by atoms with Gasteiger partial charge in [-0.2, -0.15) is 0 Å². The minimum absolute atomic E-state index is 0.978. The Balaban J connectivity index is 1.64. The normalized spacial score (nSPS) is 14.2. The van der Waals surface area contributed by atoms with E-state index in [4.69, 9.17) is 0 Å². The van der Waals surface area contributed by atoms with Crippen molar-refractivity contribution in [3.05, 3.63) is 59.3 Å². The first-order valence-electron chi connectivity index (χ1n) is 7.33. The number of hydrogen-bond donors (Lipinski definition) is 1. The first-order chi connectivity index (χ1) is 9.85. The van der Waals surface area contributed by atoms with E-state index in [1.807, 2.05) is 6.20 Å². The molecule has 0 bridgehead atoms. The van der Waals surface area contributed by atoms with E-state index in [-0.39, 0.29) is 0 Å². The van der Waals surface area contributed by atoms with Crippen LogP contribution in [0.15, 0.2) is 42.6 Å². The summed E-state index contributed by atoms with van der Waals surface area (Å²) in [5, 5.41) is 3.35. The molecule has 104 valence electrons. The zero-order valence-corrected chi connectivity index (χ0v) is 12.0. The molecule has 3 nitrogen and oxygen atoms in total. The molecule has 20 heavy (non-hydrogen) atoms. The lowest BCUT2D eigenvalue weighted by Crippen LogP contribution is -2.16. The fourth-order valence-electron chi connectivity index (χ4n) is 2.70. The van der Waals surface area contributed by atoms with Gasteiger partial charge in [-0.15, -0.1) is 0 Å². The van der Waals surface area contributed by atoms with Crippen molar-refractivity contribution < 1.29 is 0 Å². The van der Waals surface area contributed by atoms with Crippen LogP contribution in [0.1, 0.15) is 30.0 Å². The molecule has 0 fully saturated rings. The average Bonchev–Trinajstić information content (AvgIpc) is 2.87. The summed E-state index contributed by atoms with van der Waals surface area (Å²) in [5.74, 6) is 0.987. The van der Waals surface area contributed by atoms with Crippen LogP contribution >= 0.6 is 0 Å². The Kier molecular flexibility index (Phi) is 3.97. The van der Waals surface area contributed by atoms with Crippen molar-refractivity contribution in [1.29, 1.82) is 0 Å². The second-order valence-corrected chi connectivity index (χ2v) is 5.39. The summed E-state index contributed by atoms with van der Waals surface area (Å²) in [7, 11) is 0. The van der Waals surface area contributed by atoms with E-state index >= 15 is 0 Å². The highest BCUT2D eigenvalue weighted by Crippen LogP contribution is 2.24. The number of nitrogens with one attached hydrogen (secondary N) is 1. The van der Waals surface area contributed by atoms with Gasteiger partial charge < -0.3 is 5.32 Å². The standard InChI is InChI=1S/C17H21N3/c1-2-8-18-17-10-14(7-9-19-17)11-20-12-15-5-3-4-6-16(15)13-20/h3-7,9-10H,2,8,11-13H2,1H3,(H,18,19). The molecule has 1 aliphatic rings. The zero-order chi connectivity index (χ0) is 13.8. The Morgan fingerprint density at radius 1 is 1.15 bits per heavy atom. The summed E-state index contributed by atoms with van der Waals surface area (Å²) < 4.78 is 0. The summed E-state index contributed by atoms with van der Waals surface area (Å²) >= 11 is 0. The van der Waals surface area contributed by atoms with Crippen molar-refractivity contribution in [2.75, 3.05) is 11.9 Å². The van der Waals surface area contributed by atoms with E-state index in [0.29, 0.717) is 0 Å². The predicted octanol–water partition coefficient (Wildman–Crippen LogP) is 3.42. The van der Waals surface area contributed by atoms with Gasteiger partial charge in [-0.05, 0) is 35.2 Å². The molecule has 0 aliphatic carbocycles. The summed E-state index contributed by atoms with van der Waals surface area (Å²) in [6.45, 7) is 6.23. The molecular weight excluding hydrogens is 246 g/mol. The maximum absolute atomic E-state index is 4.36. The number of pyridine rings is 1. The Bertz CT molecular complexity index is 555. The summed E-state index contributed by atoms with van der Waals surface area (Å²) in [6, 6.07) is 13.0. The fraction of sp³-hybridized carbons (Fsp3) is 0.353. The van der Waals surface area contributed by atoms with Crippen molar-refractivity contribution >= 4 is 5.82 Å². The molecule has 0 radical (unpaired) electrons. The van der Waals surface area contributed by atoms with E-state index in [2.05, 4.69) is 58.5 Å². The monoisotopic (exact) mass is 267 g/mol. The van der Waals surface area contributed by atoms with Crippen molar-refractivity contribution in [3.63, 3.8) is 0 Å². The summed E-state index contributed by atoms with van der Waals surface area (Å²) in [4.78, 5) is 6.84. The van der Waals surface area contributed by atoms with Crippen molar-refractivity contribution in [3.8, 4) is 0 Å². The number of rotatable bonds is 5. The molecule has 1 aromatic heterocycles. The number of hydrogen-bond acceptors (Lipinski definition) is 3. The third kappa shape index (κ3) is 2.99. The van der Waals surface area contributed by atoms with Crippen molar-refractivity contribution in [2.24, 2.45) is 0 Å². The molecular formula is C17H21N3. The highest BCUT2D eigenvalue weighted by atomic mass is 15.1. The molecule has 3 heteroatoms. The lowest BCUT2D eigenvalue weighted by molar-refractivity contribution is 0.275. The Hall–Kier alpha value is -1.87. The van der Waals surface area contributed by atoms with Gasteiger partial charge in [0.25, 0.3) is 0 Å². The van der Waals surface area contributed by atoms with Gasteiger partial charge in [-0.1, -0.05) is 31.2 Å². The van der Waals surface area contributed by atoms with Gasteiger partial charge in [-0.3, -0.25) is 4.90 Å². The minimum Gasteiger partial charge on any atom is -0.370 e. The topological polar surface area (TPSA) is 28.2 Å². The number of fused-ring (bicyclic) bond motifs is 1. The molecule has 1 N–H and O–H groups in total. The van der Waals surface area contributed by atoms with Crippen molar-refractivity contribution in [1.82, 2.24) is 9.88 Å². The van der Waals surface area contributed by atoms with E-state index in [1.165, 1.54) is 16.7 Å². The first kappa shape index (κ1) is 13.1. The van der Waals surface area contributed by atoms with Crippen LogP contribution < -0.4 is 5.32 Å². The third-order valence-electron chi connectivity index (χ3n) is 3.69. The lowest BCUT2D eigenvalue weighted by Gasteiger charge is -2.15. The molecule has 1 aliphatic heterocycles. The zero-order valence-electron chi connectivity index (χ0n) is 12.0.